The Morgan fingerprint density at radius 3 is 2.42 bits per heavy atom. The zero-order chi connectivity index (χ0) is 18.7. The first kappa shape index (κ1) is 17.6. The van der Waals surface area contributed by atoms with Gasteiger partial charge >= 0.3 is 6.61 Å². The number of alkyl halides is 2. The van der Waals surface area contributed by atoms with Gasteiger partial charge in [0, 0.05) is 13.1 Å². The first-order valence-electron chi connectivity index (χ1n) is 7.86. The Labute approximate surface area is 149 Å². The number of carbonyl (C=O) groups excluding carboxylic acids is 2. The van der Waals surface area contributed by atoms with Crippen molar-refractivity contribution in [3.63, 3.8) is 0 Å². The van der Waals surface area contributed by atoms with Gasteiger partial charge in [-0.3, -0.25) is 14.5 Å². The van der Waals surface area contributed by atoms with Crippen molar-refractivity contribution in [2.24, 2.45) is 0 Å². The highest BCUT2D eigenvalue weighted by Gasteiger charge is 2.29. The molecule has 0 aliphatic carbocycles. The molecule has 0 aromatic heterocycles. The van der Waals surface area contributed by atoms with Crippen LogP contribution >= 0.6 is 0 Å². The fourth-order valence-electron chi connectivity index (χ4n) is 2.65. The van der Waals surface area contributed by atoms with Gasteiger partial charge in [0.15, 0.2) is 0 Å². The second-order valence-corrected chi connectivity index (χ2v) is 5.65. The van der Waals surface area contributed by atoms with E-state index < -0.39 is 6.61 Å². The fraction of sp³-hybridized carbons (Fsp3) is 0.158. The highest BCUT2D eigenvalue weighted by atomic mass is 19.3. The summed E-state index contributed by atoms with van der Waals surface area (Å²) in [6, 6.07) is 13.1. The van der Waals surface area contributed by atoms with Crippen molar-refractivity contribution < 1.29 is 23.1 Å². The van der Waals surface area contributed by atoms with Gasteiger partial charge in [0.2, 0.25) is 5.91 Å². The van der Waals surface area contributed by atoms with Gasteiger partial charge in [-0.1, -0.05) is 24.3 Å². The lowest BCUT2D eigenvalue weighted by Gasteiger charge is -2.33. The minimum atomic E-state index is -2.88. The van der Waals surface area contributed by atoms with Crippen molar-refractivity contribution in [3.8, 4) is 5.75 Å². The molecule has 0 saturated carbocycles. The van der Waals surface area contributed by atoms with Gasteiger partial charge in [-0.25, -0.2) is 0 Å². The molecule has 0 saturated heterocycles. The molecule has 0 radical (unpaired) electrons. The number of carbonyl (C=O) groups is 2. The number of hydrogen-bond acceptors (Lipinski definition) is 3. The minimum Gasteiger partial charge on any atom is -0.435 e. The second-order valence-electron chi connectivity index (χ2n) is 5.65. The van der Waals surface area contributed by atoms with Gasteiger partial charge in [-0.05, 0) is 35.9 Å². The van der Waals surface area contributed by atoms with Crippen molar-refractivity contribution >= 4 is 29.3 Å². The maximum absolute atomic E-state index is 12.5. The smallest absolute Gasteiger partial charge is 0.387 e. The third-order valence-electron chi connectivity index (χ3n) is 3.99. The molecule has 2 amide bonds. The molecule has 1 aliphatic rings. The molecule has 2 aromatic carbocycles. The van der Waals surface area contributed by atoms with Crippen LogP contribution in [0.25, 0.3) is 6.08 Å². The highest BCUT2D eigenvalue weighted by molar-refractivity contribution is 6.14. The van der Waals surface area contributed by atoms with E-state index in [4.69, 9.17) is 0 Å². The van der Waals surface area contributed by atoms with E-state index in [9.17, 15) is 18.4 Å². The van der Waals surface area contributed by atoms with Crippen LogP contribution in [-0.2, 0) is 9.59 Å². The van der Waals surface area contributed by atoms with E-state index in [1.165, 1.54) is 28.0 Å². The standard InChI is InChI=1S/C19H16F2N2O3/c1-22-15-4-2-3-5-16(15)23(12-18(22)25)17(24)11-8-13-6-9-14(10-7-13)26-19(20)21/h2-11,19H,12H2,1H3. The molecule has 3 rings (SSSR count). The van der Waals surface area contributed by atoms with Crippen molar-refractivity contribution in [1.82, 2.24) is 0 Å². The molecule has 0 fully saturated rings. The molecule has 1 heterocycles. The summed E-state index contributed by atoms with van der Waals surface area (Å²) in [5.74, 6) is -0.479. The van der Waals surface area contributed by atoms with E-state index >= 15 is 0 Å². The summed E-state index contributed by atoms with van der Waals surface area (Å²) in [5.41, 5.74) is 1.97. The first-order chi connectivity index (χ1) is 12.5. The Morgan fingerprint density at radius 2 is 1.77 bits per heavy atom. The molecule has 0 atom stereocenters. The van der Waals surface area contributed by atoms with Crippen molar-refractivity contribution in [1.29, 1.82) is 0 Å². The number of para-hydroxylation sites is 2. The van der Waals surface area contributed by atoms with Crippen molar-refractivity contribution in [3.05, 3.63) is 60.2 Å². The SMILES string of the molecule is CN1C(=O)CN(C(=O)C=Cc2ccc(OC(F)F)cc2)c2ccccc21. The quantitative estimate of drug-likeness (QED) is 0.788. The van der Waals surface area contributed by atoms with Gasteiger partial charge in [0.05, 0.1) is 11.4 Å². The molecular weight excluding hydrogens is 342 g/mol. The van der Waals surface area contributed by atoms with Crippen LogP contribution in [0.2, 0.25) is 0 Å². The lowest BCUT2D eigenvalue weighted by Crippen LogP contribution is -2.46. The number of anilines is 2. The summed E-state index contributed by atoms with van der Waals surface area (Å²) < 4.78 is 28.6. The Kier molecular flexibility index (Phi) is 4.97. The molecule has 0 N–H and O–H groups in total. The monoisotopic (exact) mass is 358 g/mol. The third-order valence-corrected chi connectivity index (χ3v) is 3.99. The average Bonchev–Trinajstić information content (AvgIpc) is 2.63. The summed E-state index contributed by atoms with van der Waals surface area (Å²) in [7, 11) is 1.67. The number of rotatable bonds is 4. The summed E-state index contributed by atoms with van der Waals surface area (Å²) in [6.45, 7) is -2.93. The molecule has 7 heteroatoms. The molecular formula is C19H16F2N2O3. The maximum atomic E-state index is 12.5. The number of hydrogen-bond donors (Lipinski definition) is 0. The molecule has 0 bridgehead atoms. The van der Waals surface area contributed by atoms with Gasteiger partial charge < -0.3 is 9.64 Å². The highest BCUT2D eigenvalue weighted by Crippen LogP contribution is 2.32. The van der Waals surface area contributed by atoms with Crippen molar-refractivity contribution in [2.75, 3.05) is 23.4 Å². The zero-order valence-corrected chi connectivity index (χ0v) is 13.9. The lowest BCUT2D eigenvalue weighted by atomic mass is 10.1. The van der Waals surface area contributed by atoms with Gasteiger partial charge in [0.25, 0.3) is 5.91 Å². The van der Waals surface area contributed by atoms with Crippen LogP contribution in [0.5, 0.6) is 5.75 Å². The first-order valence-corrected chi connectivity index (χ1v) is 7.86. The summed E-state index contributed by atoms with van der Waals surface area (Å²) in [5, 5.41) is 0. The fourth-order valence-corrected chi connectivity index (χ4v) is 2.65. The van der Waals surface area contributed by atoms with Crippen molar-refractivity contribution in [2.45, 2.75) is 6.61 Å². The van der Waals surface area contributed by atoms with E-state index in [2.05, 4.69) is 4.74 Å². The number of likely N-dealkylation sites (N-methyl/N-ethyl adjacent to an activating group) is 1. The summed E-state index contributed by atoms with van der Waals surface area (Å²) in [6.07, 6.45) is 2.90. The van der Waals surface area contributed by atoms with Crippen LogP contribution in [0.1, 0.15) is 5.56 Å². The van der Waals surface area contributed by atoms with E-state index in [0.717, 1.165) is 0 Å². The van der Waals surface area contributed by atoms with Crippen LogP contribution < -0.4 is 14.5 Å². The van der Waals surface area contributed by atoms with E-state index in [0.29, 0.717) is 16.9 Å². The van der Waals surface area contributed by atoms with Crippen LogP contribution in [-0.4, -0.2) is 32.0 Å². The maximum Gasteiger partial charge on any atom is 0.387 e. The molecule has 26 heavy (non-hydrogen) atoms. The summed E-state index contributed by atoms with van der Waals surface area (Å²) in [4.78, 5) is 27.6. The van der Waals surface area contributed by atoms with Crippen LogP contribution in [0.3, 0.4) is 0 Å². The van der Waals surface area contributed by atoms with Gasteiger partial charge in [0.1, 0.15) is 12.3 Å². The molecule has 0 unspecified atom stereocenters. The normalized spacial score (nSPS) is 14.1. The molecule has 1 aliphatic heterocycles. The Balaban J connectivity index is 1.76. The molecule has 5 nitrogen and oxygen atoms in total. The number of fused-ring (bicyclic) bond motifs is 1. The van der Waals surface area contributed by atoms with Gasteiger partial charge in [-0.15, -0.1) is 0 Å². The number of ether oxygens (including phenoxy) is 1. The minimum absolute atomic E-state index is 0.0436. The van der Waals surface area contributed by atoms with Crippen LogP contribution in [0.4, 0.5) is 20.2 Å². The Morgan fingerprint density at radius 1 is 1.12 bits per heavy atom. The van der Waals surface area contributed by atoms with E-state index in [-0.39, 0.29) is 24.1 Å². The molecule has 134 valence electrons. The summed E-state index contributed by atoms with van der Waals surface area (Å²) >= 11 is 0. The molecule has 2 aromatic rings. The largest absolute Gasteiger partial charge is 0.435 e. The van der Waals surface area contributed by atoms with E-state index in [1.807, 2.05) is 0 Å². The predicted octanol–water partition coefficient (Wildman–Crippen LogP) is 3.31. The number of halogens is 2. The second kappa shape index (κ2) is 7.35. The zero-order valence-electron chi connectivity index (χ0n) is 13.9. The van der Waals surface area contributed by atoms with E-state index in [1.54, 1.807) is 49.5 Å². The van der Waals surface area contributed by atoms with Crippen LogP contribution in [0, 0.1) is 0 Å². The topological polar surface area (TPSA) is 49.9 Å². The van der Waals surface area contributed by atoms with Gasteiger partial charge in [-0.2, -0.15) is 8.78 Å². The Hall–Kier alpha value is -3.22. The number of benzene rings is 2. The number of nitrogens with zero attached hydrogens (tertiary/aromatic N) is 2. The predicted molar refractivity (Wildman–Crippen MR) is 94.3 cm³/mol. The lowest BCUT2D eigenvalue weighted by molar-refractivity contribution is -0.120. The Bertz CT molecular complexity index is 850. The van der Waals surface area contributed by atoms with Crippen LogP contribution in [0.15, 0.2) is 54.6 Å². The molecule has 0 spiro atoms. The average molecular weight is 358 g/mol. The number of amides is 2. The third kappa shape index (κ3) is 3.72.